The molecule has 3 heteroatoms. The second kappa shape index (κ2) is 4.09. The molecule has 0 aliphatic carbocycles. The lowest BCUT2D eigenvalue weighted by Crippen LogP contribution is -2.27. The maximum Gasteiger partial charge on any atom is 0.328 e. The summed E-state index contributed by atoms with van der Waals surface area (Å²) in [4.78, 5) is 10.4. The quantitative estimate of drug-likeness (QED) is 0.794. The Balaban J connectivity index is 2.30. The second-order valence-electron chi connectivity index (χ2n) is 4.51. The van der Waals surface area contributed by atoms with E-state index >= 15 is 0 Å². The van der Waals surface area contributed by atoms with Crippen LogP contribution in [0.25, 0.3) is 12.2 Å². The van der Waals surface area contributed by atoms with E-state index in [1.807, 2.05) is 44.2 Å². The summed E-state index contributed by atoms with van der Waals surface area (Å²) in [5.41, 5.74) is 1.53. The van der Waals surface area contributed by atoms with Crippen molar-refractivity contribution in [1.82, 2.24) is 0 Å². The number of benzene rings is 1. The third-order valence-electron chi connectivity index (χ3n) is 2.49. The monoisotopic (exact) mass is 230 g/mol. The van der Waals surface area contributed by atoms with Crippen molar-refractivity contribution in [3.05, 3.63) is 41.5 Å². The molecule has 2 rings (SSSR count). The highest BCUT2D eigenvalue weighted by Gasteiger charge is 2.21. The molecule has 0 radical (unpaired) electrons. The first-order chi connectivity index (χ1) is 7.96. The standard InChI is InChI=1S/C14H14O3/c1-14(2)8-7-11-9-10(4-6-13(15)16)3-5-12(11)17-14/h3-9H,1-2H3,(H,15,16). The van der Waals surface area contributed by atoms with Crippen LogP contribution in [0.3, 0.4) is 0 Å². The fourth-order valence-corrected chi connectivity index (χ4v) is 1.67. The molecule has 3 nitrogen and oxygen atoms in total. The molecule has 1 aromatic rings. The van der Waals surface area contributed by atoms with E-state index in [1.165, 1.54) is 0 Å². The molecule has 17 heavy (non-hydrogen) atoms. The number of carboxylic acids is 1. The van der Waals surface area contributed by atoms with E-state index in [-0.39, 0.29) is 5.60 Å². The van der Waals surface area contributed by atoms with Crippen LogP contribution in [-0.4, -0.2) is 16.7 Å². The largest absolute Gasteiger partial charge is 0.483 e. The lowest BCUT2D eigenvalue weighted by atomic mass is 10.0. The molecule has 1 aromatic carbocycles. The van der Waals surface area contributed by atoms with Crippen molar-refractivity contribution in [3.63, 3.8) is 0 Å². The van der Waals surface area contributed by atoms with Gasteiger partial charge in [-0.15, -0.1) is 0 Å². The van der Waals surface area contributed by atoms with Crippen LogP contribution < -0.4 is 4.74 Å². The van der Waals surface area contributed by atoms with Crippen molar-refractivity contribution in [3.8, 4) is 5.75 Å². The third kappa shape index (κ3) is 2.75. The zero-order valence-electron chi connectivity index (χ0n) is 9.81. The third-order valence-corrected chi connectivity index (χ3v) is 2.49. The number of rotatable bonds is 2. The SMILES string of the molecule is CC1(C)C=Cc2cc(C=CC(=O)O)ccc2O1. The minimum atomic E-state index is -0.948. The molecule has 0 unspecified atom stereocenters. The summed E-state index contributed by atoms with van der Waals surface area (Å²) in [5.74, 6) is -0.124. The molecule has 0 saturated heterocycles. The van der Waals surface area contributed by atoms with Crippen molar-refractivity contribution < 1.29 is 14.6 Å². The van der Waals surface area contributed by atoms with Crippen LogP contribution in [0.1, 0.15) is 25.0 Å². The highest BCUT2D eigenvalue weighted by Crippen LogP contribution is 2.31. The molecule has 0 atom stereocenters. The fraction of sp³-hybridized carbons (Fsp3) is 0.214. The van der Waals surface area contributed by atoms with Crippen LogP contribution in [0.4, 0.5) is 0 Å². The summed E-state index contributed by atoms with van der Waals surface area (Å²) in [7, 11) is 0. The van der Waals surface area contributed by atoms with E-state index in [0.29, 0.717) is 0 Å². The van der Waals surface area contributed by atoms with Crippen LogP contribution in [0.2, 0.25) is 0 Å². The lowest BCUT2D eigenvalue weighted by Gasteiger charge is -2.27. The first-order valence-electron chi connectivity index (χ1n) is 5.40. The number of hydrogen-bond acceptors (Lipinski definition) is 2. The molecular formula is C14H14O3. The van der Waals surface area contributed by atoms with Crippen LogP contribution >= 0.6 is 0 Å². The molecule has 1 heterocycles. The number of carbonyl (C=O) groups is 1. The van der Waals surface area contributed by atoms with Gasteiger partial charge in [0.05, 0.1) is 0 Å². The predicted octanol–water partition coefficient (Wildman–Crippen LogP) is 2.97. The van der Waals surface area contributed by atoms with E-state index in [2.05, 4.69) is 0 Å². The van der Waals surface area contributed by atoms with E-state index < -0.39 is 5.97 Å². The van der Waals surface area contributed by atoms with Crippen molar-refractivity contribution in [2.75, 3.05) is 0 Å². The van der Waals surface area contributed by atoms with Gasteiger partial charge in [0.2, 0.25) is 0 Å². The van der Waals surface area contributed by atoms with Gasteiger partial charge in [-0.3, -0.25) is 0 Å². The van der Waals surface area contributed by atoms with Gasteiger partial charge < -0.3 is 9.84 Å². The second-order valence-corrected chi connectivity index (χ2v) is 4.51. The number of hydrogen-bond donors (Lipinski definition) is 1. The van der Waals surface area contributed by atoms with Gasteiger partial charge in [-0.25, -0.2) is 4.79 Å². The van der Waals surface area contributed by atoms with Crippen molar-refractivity contribution >= 4 is 18.1 Å². The minimum absolute atomic E-state index is 0.286. The Morgan fingerprint density at radius 1 is 1.41 bits per heavy atom. The molecule has 0 fully saturated rings. The summed E-state index contributed by atoms with van der Waals surface area (Å²) >= 11 is 0. The van der Waals surface area contributed by atoms with E-state index in [1.54, 1.807) is 6.08 Å². The normalized spacial score (nSPS) is 16.6. The Labute approximate surface area is 100 Å². The predicted molar refractivity (Wildman–Crippen MR) is 66.9 cm³/mol. The minimum Gasteiger partial charge on any atom is -0.483 e. The van der Waals surface area contributed by atoms with E-state index in [4.69, 9.17) is 9.84 Å². The van der Waals surface area contributed by atoms with E-state index in [9.17, 15) is 4.79 Å². The van der Waals surface area contributed by atoms with Crippen LogP contribution in [-0.2, 0) is 4.79 Å². The molecule has 88 valence electrons. The number of fused-ring (bicyclic) bond motifs is 1. The highest BCUT2D eigenvalue weighted by molar-refractivity contribution is 5.85. The average molecular weight is 230 g/mol. The Kier molecular flexibility index (Phi) is 2.76. The average Bonchev–Trinajstić information content (AvgIpc) is 2.25. The number of aliphatic carboxylic acids is 1. The number of ether oxygens (including phenoxy) is 1. The zero-order chi connectivity index (χ0) is 12.5. The summed E-state index contributed by atoms with van der Waals surface area (Å²) in [6.07, 6.45) is 6.67. The molecule has 1 aliphatic rings. The van der Waals surface area contributed by atoms with Crippen molar-refractivity contribution in [2.45, 2.75) is 19.4 Å². The summed E-state index contributed by atoms with van der Waals surface area (Å²) in [6, 6.07) is 5.61. The summed E-state index contributed by atoms with van der Waals surface area (Å²) in [5, 5.41) is 8.56. The van der Waals surface area contributed by atoms with Crippen LogP contribution in [0.5, 0.6) is 5.75 Å². The topological polar surface area (TPSA) is 46.5 Å². The van der Waals surface area contributed by atoms with Gasteiger partial charge >= 0.3 is 5.97 Å². The van der Waals surface area contributed by atoms with Gasteiger partial charge in [0.1, 0.15) is 11.4 Å². The lowest BCUT2D eigenvalue weighted by molar-refractivity contribution is -0.131. The Morgan fingerprint density at radius 2 is 2.18 bits per heavy atom. The molecule has 0 amide bonds. The highest BCUT2D eigenvalue weighted by atomic mass is 16.5. The maximum atomic E-state index is 10.4. The Morgan fingerprint density at radius 3 is 2.88 bits per heavy atom. The van der Waals surface area contributed by atoms with Gasteiger partial charge in [-0.1, -0.05) is 12.1 Å². The molecule has 0 saturated carbocycles. The Bertz CT molecular complexity index is 510. The summed E-state index contributed by atoms with van der Waals surface area (Å²) < 4.78 is 5.77. The van der Waals surface area contributed by atoms with Crippen LogP contribution in [0.15, 0.2) is 30.4 Å². The molecule has 0 spiro atoms. The Hall–Kier alpha value is -2.03. The van der Waals surface area contributed by atoms with Crippen molar-refractivity contribution in [1.29, 1.82) is 0 Å². The molecule has 1 aliphatic heterocycles. The summed E-state index contributed by atoms with van der Waals surface area (Å²) in [6.45, 7) is 3.98. The van der Waals surface area contributed by atoms with E-state index in [0.717, 1.165) is 23.0 Å². The van der Waals surface area contributed by atoms with Gasteiger partial charge in [-0.2, -0.15) is 0 Å². The van der Waals surface area contributed by atoms with Crippen LogP contribution in [0, 0.1) is 0 Å². The van der Waals surface area contributed by atoms with Gasteiger partial charge in [-0.05, 0) is 43.7 Å². The smallest absolute Gasteiger partial charge is 0.328 e. The fourth-order valence-electron chi connectivity index (χ4n) is 1.67. The molecular weight excluding hydrogens is 216 g/mol. The van der Waals surface area contributed by atoms with Crippen molar-refractivity contribution in [2.24, 2.45) is 0 Å². The van der Waals surface area contributed by atoms with Gasteiger partial charge in [0.25, 0.3) is 0 Å². The maximum absolute atomic E-state index is 10.4. The zero-order valence-corrected chi connectivity index (χ0v) is 9.81. The van der Waals surface area contributed by atoms with Gasteiger partial charge in [0.15, 0.2) is 0 Å². The molecule has 0 bridgehead atoms. The number of carboxylic acid groups (broad SMARTS) is 1. The molecule has 1 N–H and O–H groups in total. The van der Waals surface area contributed by atoms with Gasteiger partial charge in [0, 0.05) is 11.6 Å². The molecule has 0 aromatic heterocycles. The first kappa shape index (κ1) is 11.5. The first-order valence-corrected chi connectivity index (χ1v) is 5.40.